The topological polar surface area (TPSA) is 59.2 Å². The van der Waals surface area contributed by atoms with Crippen molar-refractivity contribution in [3.8, 4) is 0 Å². The molecule has 1 amide bonds. The molecule has 1 aliphatic rings. The van der Waals surface area contributed by atoms with Crippen molar-refractivity contribution < 1.29 is 4.79 Å². The van der Waals surface area contributed by atoms with E-state index in [1.165, 1.54) is 0 Å². The van der Waals surface area contributed by atoms with Crippen molar-refractivity contribution in [2.75, 3.05) is 19.6 Å². The molecule has 1 aromatic heterocycles. The van der Waals surface area contributed by atoms with E-state index in [0.29, 0.717) is 13.0 Å². The summed E-state index contributed by atoms with van der Waals surface area (Å²) < 4.78 is 0. The summed E-state index contributed by atoms with van der Waals surface area (Å²) in [6, 6.07) is 0. The Balaban J connectivity index is 0.00000180. The van der Waals surface area contributed by atoms with E-state index in [4.69, 9.17) is 5.73 Å². The third-order valence-corrected chi connectivity index (χ3v) is 4.68. The summed E-state index contributed by atoms with van der Waals surface area (Å²) in [6.07, 6.45) is 2.37. The Morgan fingerprint density at radius 2 is 2.25 bits per heavy atom. The van der Waals surface area contributed by atoms with Crippen molar-refractivity contribution in [2.24, 2.45) is 11.1 Å². The number of thiazole rings is 1. The zero-order valence-corrected chi connectivity index (χ0v) is 14.4. The highest BCUT2D eigenvalue weighted by atomic mass is 35.5. The average Bonchev–Trinajstić information content (AvgIpc) is 2.96. The van der Waals surface area contributed by atoms with Crippen molar-refractivity contribution in [2.45, 2.75) is 33.1 Å². The van der Waals surface area contributed by atoms with E-state index in [1.54, 1.807) is 11.3 Å². The average molecular weight is 340 g/mol. The summed E-state index contributed by atoms with van der Waals surface area (Å²) >= 11 is 1.64. The van der Waals surface area contributed by atoms with E-state index in [2.05, 4.69) is 18.8 Å². The van der Waals surface area contributed by atoms with Crippen LogP contribution in [0.5, 0.6) is 0 Å². The van der Waals surface area contributed by atoms with Crippen molar-refractivity contribution in [1.29, 1.82) is 0 Å². The third-order valence-electron chi connectivity index (χ3n) is 3.64. The summed E-state index contributed by atoms with van der Waals surface area (Å²) in [7, 11) is 0. The number of hydrogen-bond donors (Lipinski definition) is 1. The molecule has 0 saturated carbocycles. The molecule has 4 nitrogen and oxygen atoms in total. The van der Waals surface area contributed by atoms with Crippen LogP contribution in [0.1, 0.15) is 31.0 Å². The first-order chi connectivity index (χ1) is 8.56. The van der Waals surface area contributed by atoms with E-state index in [1.807, 2.05) is 10.3 Å². The van der Waals surface area contributed by atoms with Gasteiger partial charge in [0.15, 0.2) is 0 Å². The predicted molar refractivity (Wildman–Crippen MR) is 88.1 cm³/mol. The minimum Gasteiger partial charge on any atom is -0.342 e. The molecule has 0 aromatic carbocycles. The number of carbonyl (C=O) groups excluding carboxylic acids is 1. The molecule has 1 unspecified atom stereocenters. The van der Waals surface area contributed by atoms with Crippen LogP contribution < -0.4 is 5.73 Å². The lowest BCUT2D eigenvalue weighted by molar-refractivity contribution is -0.129. The first-order valence-corrected chi connectivity index (χ1v) is 7.35. The van der Waals surface area contributed by atoms with Crippen LogP contribution in [-0.4, -0.2) is 35.4 Å². The van der Waals surface area contributed by atoms with E-state index >= 15 is 0 Å². The van der Waals surface area contributed by atoms with Gasteiger partial charge in [0.05, 0.1) is 17.1 Å². The van der Waals surface area contributed by atoms with Crippen LogP contribution >= 0.6 is 36.2 Å². The molecule has 2 heterocycles. The summed E-state index contributed by atoms with van der Waals surface area (Å²) in [5.41, 5.74) is 6.76. The van der Waals surface area contributed by atoms with Gasteiger partial charge in [-0.25, -0.2) is 4.98 Å². The molecular weight excluding hydrogens is 317 g/mol. The van der Waals surface area contributed by atoms with Gasteiger partial charge >= 0.3 is 0 Å². The molecule has 1 fully saturated rings. The molecule has 2 rings (SSSR count). The van der Waals surface area contributed by atoms with Crippen LogP contribution in [0.25, 0.3) is 0 Å². The highest BCUT2D eigenvalue weighted by Gasteiger charge is 2.34. The van der Waals surface area contributed by atoms with Crippen molar-refractivity contribution in [3.05, 3.63) is 16.1 Å². The second-order valence-electron chi connectivity index (χ2n) is 5.34. The zero-order chi connectivity index (χ0) is 13.2. The lowest BCUT2D eigenvalue weighted by atomic mass is 9.90. The zero-order valence-electron chi connectivity index (χ0n) is 11.9. The lowest BCUT2D eigenvalue weighted by Gasteiger charge is -2.22. The van der Waals surface area contributed by atoms with Gasteiger partial charge in [0, 0.05) is 18.5 Å². The second kappa shape index (κ2) is 8.17. The Morgan fingerprint density at radius 3 is 2.75 bits per heavy atom. The first-order valence-electron chi connectivity index (χ1n) is 6.47. The van der Waals surface area contributed by atoms with Crippen LogP contribution in [0.15, 0.2) is 5.38 Å². The maximum absolute atomic E-state index is 12.2. The predicted octanol–water partition coefficient (Wildman–Crippen LogP) is 2.29. The SMILES string of the molecule is CCc1nc(CC(=O)N2CCC(C)(CN)C2)cs1.Cl.Cl. The van der Waals surface area contributed by atoms with Crippen molar-refractivity contribution in [3.63, 3.8) is 0 Å². The molecule has 0 radical (unpaired) electrons. The number of carbonyl (C=O) groups is 1. The Kier molecular flexibility index (Phi) is 8.03. The van der Waals surface area contributed by atoms with Gasteiger partial charge in [-0.2, -0.15) is 0 Å². The van der Waals surface area contributed by atoms with Gasteiger partial charge in [0.25, 0.3) is 0 Å². The first kappa shape index (κ1) is 19.6. The van der Waals surface area contributed by atoms with Crippen molar-refractivity contribution in [1.82, 2.24) is 9.88 Å². The summed E-state index contributed by atoms with van der Waals surface area (Å²) in [6.45, 7) is 6.49. The molecule has 20 heavy (non-hydrogen) atoms. The largest absolute Gasteiger partial charge is 0.342 e. The minimum atomic E-state index is 0. The molecule has 0 aliphatic carbocycles. The van der Waals surface area contributed by atoms with Gasteiger partial charge in [-0.3, -0.25) is 4.79 Å². The van der Waals surface area contributed by atoms with E-state index < -0.39 is 0 Å². The molecule has 0 spiro atoms. The lowest BCUT2D eigenvalue weighted by Crippen LogP contribution is -2.35. The molecule has 116 valence electrons. The Labute approximate surface area is 137 Å². The van der Waals surface area contributed by atoms with Gasteiger partial charge in [0.2, 0.25) is 5.91 Å². The fourth-order valence-corrected chi connectivity index (χ4v) is 3.01. The van der Waals surface area contributed by atoms with Crippen molar-refractivity contribution >= 4 is 42.1 Å². The number of nitrogens with zero attached hydrogens (tertiary/aromatic N) is 2. The molecule has 0 bridgehead atoms. The normalized spacial score (nSPS) is 21.2. The van der Waals surface area contributed by atoms with Gasteiger partial charge in [-0.05, 0) is 24.8 Å². The second-order valence-corrected chi connectivity index (χ2v) is 6.29. The number of rotatable bonds is 4. The van der Waals surface area contributed by atoms with Crippen LogP contribution in [-0.2, 0) is 17.6 Å². The van der Waals surface area contributed by atoms with Gasteiger partial charge < -0.3 is 10.6 Å². The van der Waals surface area contributed by atoms with Gasteiger partial charge in [-0.1, -0.05) is 13.8 Å². The highest BCUT2D eigenvalue weighted by molar-refractivity contribution is 7.09. The van der Waals surface area contributed by atoms with Gasteiger partial charge in [0.1, 0.15) is 0 Å². The van der Waals surface area contributed by atoms with E-state index in [0.717, 1.165) is 36.6 Å². The number of halogens is 2. The minimum absolute atomic E-state index is 0. The number of nitrogens with two attached hydrogens (primary N) is 1. The standard InChI is InChI=1S/C13H21N3OS.2ClH/c1-3-11-15-10(7-18-11)6-12(17)16-5-4-13(2,8-14)9-16;;/h7H,3-6,8-9,14H2,1-2H3;2*1H. The molecule has 1 aromatic rings. The molecule has 7 heteroatoms. The number of likely N-dealkylation sites (tertiary alicyclic amines) is 1. The summed E-state index contributed by atoms with van der Waals surface area (Å²) in [5.74, 6) is 0.181. The molecule has 1 saturated heterocycles. The fourth-order valence-electron chi connectivity index (χ4n) is 2.26. The highest BCUT2D eigenvalue weighted by Crippen LogP contribution is 2.28. The number of hydrogen-bond acceptors (Lipinski definition) is 4. The Morgan fingerprint density at radius 1 is 1.55 bits per heavy atom. The van der Waals surface area contributed by atoms with Crippen LogP contribution in [0.3, 0.4) is 0 Å². The van der Waals surface area contributed by atoms with Crippen LogP contribution in [0.2, 0.25) is 0 Å². The third kappa shape index (κ3) is 4.58. The smallest absolute Gasteiger partial charge is 0.228 e. The van der Waals surface area contributed by atoms with E-state index in [-0.39, 0.29) is 36.1 Å². The Hall–Kier alpha value is -0.360. The molecule has 2 N–H and O–H groups in total. The summed E-state index contributed by atoms with van der Waals surface area (Å²) in [4.78, 5) is 18.5. The van der Waals surface area contributed by atoms with E-state index in [9.17, 15) is 4.79 Å². The monoisotopic (exact) mass is 339 g/mol. The maximum atomic E-state index is 12.2. The van der Waals surface area contributed by atoms with Crippen LogP contribution in [0, 0.1) is 5.41 Å². The Bertz CT molecular complexity index is 441. The number of aromatic nitrogens is 1. The quantitative estimate of drug-likeness (QED) is 0.915. The number of amides is 1. The fraction of sp³-hybridized carbons (Fsp3) is 0.692. The number of aryl methyl sites for hydroxylation is 1. The molecule has 1 atom stereocenters. The maximum Gasteiger partial charge on any atom is 0.228 e. The summed E-state index contributed by atoms with van der Waals surface area (Å²) in [5, 5.41) is 3.10. The molecule has 1 aliphatic heterocycles. The van der Waals surface area contributed by atoms with Crippen LogP contribution in [0.4, 0.5) is 0 Å². The molecular formula is C13H23Cl2N3OS. The van der Waals surface area contributed by atoms with Gasteiger partial charge in [-0.15, -0.1) is 36.2 Å².